The van der Waals surface area contributed by atoms with Crippen molar-refractivity contribution in [2.24, 2.45) is 4.99 Å². The maximum Gasteiger partial charge on any atom is 0.531 e. The van der Waals surface area contributed by atoms with Crippen LogP contribution in [0.25, 0.3) is 0 Å². The minimum Gasteiger partial charge on any atom is -0.388 e. The summed E-state index contributed by atoms with van der Waals surface area (Å²) in [5.74, 6) is 0.124. The molecule has 2 heterocycles. The van der Waals surface area contributed by atoms with E-state index >= 15 is 0 Å². The van der Waals surface area contributed by atoms with Gasteiger partial charge in [-0.05, 0) is 39.8 Å². The van der Waals surface area contributed by atoms with E-state index in [1.165, 1.54) is 0 Å². The van der Waals surface area contributed by atoms with Crippen molar-refractivity contribution in [1.82, 2.24) is 10.2 Å². The second kappa shape index (κ2) is 9.26. The molecule has 0 spiro atoms. The van der Waals surface area contributed by atoms with Crippen molar-refractivity contribution < 1.29 is 22.9 Å². The van der Waals surface area contributed by atoms with Crippen LogP contribution in [0, 0.1) is 0 Å². The number of aliphatic imine (C=N–C) groups is 1. The largest absolute Gasteiger partial charge is 0.531 e. The molecular formula is C19H29N4O5P. The van der Waals surface area contributed by atoms with Crippen LogP contribution in [0.1, 0.15) is 27.7 Å². The lowest BCUT2D eigenvalue weighted by Crippen LogP contribution is -2.59. The number of hydrogen-bond donors (Lipinski definition) is 1. The normalized spacial score (nSPS) is 22.1. The zero-order chi connectivity index (χ0) is 21.0. The highest BCUT2D eigenvalue weighted by atomic mass is 31.2. The quantitative estimate of drug-likeness (QED) is 0.727. The van der Waals surface area contributed by atoms with E-state index in [1.54, 1.807) is 24.8 Å². The lowest BCUT2D eigenvalue weighted by atomic mass is 10.1. The van der Waals surface area contributed by atoms with Gasteiger partial charge in [-0.1, -0.05) is 12.1 Å². The summed E-state index contributed by atoms with van der Waals surface area (Å²) in [5.41, 5.74) is 1.25. The number of anilines is 1. The van der Waals surface area contributed by atoms with Gasteiger partial charge in [0.1, 0.15) is 6.54 Å². The maximum atomic E-state index is 13.4. The highest BCUT2D eigenvalue weighted by molar-refractivity contribution is 7.49. The van der Waals surface area contributed by atoms with E-state index in [-0.39, 0.29) is 43.8 Å². The lowest BCUT2D eigenvalue weighted by molar-refractivity contribution is 0.162. The average Bonchev–Trinajstić information content (AvgIpc) is 2.66. The average molecular weight is 424 g/mol. The minimum atomic E-state index is -3.80. The summed E-state index contributed by atoms with van der Waals surface area (Å²) >= 11 is 0. The summed E-state index contributed by atoms with van der Waals surface area (Å²) in [4.78, 5) is 21.2. The molecule has 1 aromatic carbocycles. The highest BCUT2D eigenvalue weighted by Gasteiger charge is 2.36. The molecule has 1 fully saturated rings. The molecule has 0 radical (unpaired) electrons. The molecule has 0 aliphatic carbocycles. The number of urea groups is 1. The molecule has 1 saturated heterocycles. The Hall–Kier alpha value is -1.93. The Labute approximate surface area is 171 Å². The number of hydrogen-bond acceptors (Lipinski definition) is 7. The standard InChI is InChI=1S/C19H29N4O5P/c1-5-26-29(25,27-6-2)28-18-13-23(17-10-8-7-9-16(17)21-18)19(24)22-11-14(3)20-15(4)12-22/h7-10,14-15,20H,5-6,11-13H2,1-4H3. The van der Waals surface area contributed by atoms with E-state index < -0.39 is 7.82 Å². The number of rotatable bonds is 5. The summed E-state index contributed by atoms with van der Waals surface area (Å²) in [6, 6.07) is 7.56. The Bertz CT molecular complexity index is 798. The zero-order valence-electron chi connectivity index (χ0n) is 17.3. The van der Waals surface area contributed by atoms with Gasteiger partial charge in [0.15, 0.2) is 0 Å². The van der Waals surface area contributed by atoms with Crippen molar-refractivity contribution in [2.45, 2.75) is 39.8 Å². The molecule has 160 valence electrons. The maximum absolute atomic E-state index is 13.4. The molecule has 2 amide bonds. The van der Waals surface area contributed by atoms with E-state index in [0.29, 0.717) is 24.5 Å². The van der Waals surface area contributed by atoms with Crippen LogP contribution < -0.4 is 10.2 Å². The van der Waals surface area contributed by atoms with E-state index in [2.05, 4.69) is 24.2 Å². The summed E-state index contributed by atoms with van der Waals surface area (Å²) < 4.78 is 28.8. The van der Waals surface area contributed by atoms with Crippen molar-refractivity contribution >= 4 is 31.1 Å². The van der Waals surface area contributed by atoms with Gasteiger partial charge in [-0.2, -0.15) is 0 Å². The number of carbonyl (C=O) groups excluding carboxylic acids is 1. The fourth-order valence-corrected chi connectivity index (χ4v) is 4.76. The monoisotopic (exact) mass is 424 g/mol. The van der Waals surface area contributed by atoms with Crippen LogP contribution in [0.5, 0.6) is 0 Å². The molecule has 3 rings (SSSR count). The number of fused-ring (bicyclic) bond motifs is 1. The lowest BCUT2D eigenvalue weighted by Gasteiger charge is -2.39. The van der Waals surface area contributed by atoms with Crippen LogP contribution in [0.4, 0.5) is 16.2 Å². The molecule has 2 aliphatic heterocycles. The molecule has 10 heteroatoms. The molecule has 0 aromatic heterocycles. The number of piperazine rings is 1. The van der Waals surface area contributed by atoms with Gasteiger partial charge in [-0.15, -0.1) is 0 Å². The molecule has 9 nitrogen and oxygen atoms in total. The van der Waals surface area contributed by atoms with Gasteiger partial charge >= 0.3 is 13.9 Å². The summed E-state index contributed by atoms with van der Waals surface area (Å²) in [6.45, 7) is 9.10. The number of phosphoric ester groups is 1. The first kappa shape index (κ1) is 21.8. The van der Waals surface area contributed by atoms with Gasteiger partial charge in [-0.25, -0.2) is 14.4 Å². The van der Waals surface area contributed by atoms with Crippen LogP contribution in [-0.2, 0) is 18.1 Å². The Kier molecular flexibility index (Phi) is 6.95. The second-order valence-electron chi connectivity index (χ2n) is 7.11. The molecular weight excluding hydrogens is 395 g/mol. The minimum absolute atomic E-state index is 0.0483. The SMILES string of the molecule is CCOP(=O)(OCC)OC1=Nc2ccccc2N(C(=O)N2CC(C)NC(C)C2)C1. The first-order valence-corrected chi connectivity index (χ1v) is 11.4. The predicted octanol–water partition coefficient (Wildman–Crippen LogP) is 3.54. The van der Waals surface area contributed by atoms with Crippen molar-refractivity contribution in [3.8, 4) is 0 Å². The number of nitrogens with zero attached hydrogens (tertiary/aromatic N) is 3. The van der Waals surface area contributed by atoms with Crippen LogP contribution in [-0.4, -0.2) is 61.8 Å². The Morgan fingerprint density at radius 2 is 1.79 bits per heavy atom. The van der Waals surface area contributed by atoms with Crippen molar-refractivity contribution in [1.29, 1.82) is 0 Å². The van der Waals surface area contributed by atoms with Gasteiger partial charge in [0, 0.05) is 25.2 Å². The smallest absolute Gasteiger partial charge is 0.388 e. The Balaban J connectivity index is 1.87. The molecule has 0 bridgehead atoms. The molecule has 2 unspecified atom stereocenters. The molecule has 0 saturated carbocycles. The summed E-state index contributed by atoms with van der Waals surface area (Å²) in [5, 5.41) is 3.42. The first-order chi connectivity index (χ1) is 13.8. The van der Waals surface area contributed by atoms with E-state index in [0.717, 1.165) is 0 Å². The molecule has 2 atom stereocenters. The second-order valence-corrected chi connectivity index (χ2v) is 8.70. The van der Waals surface area contributed by atoms with Crippen LogP contribution in [0.15, 0.2) is 29.3 Å². The van der Waals surface area contributed by atoms with Crippen LogP contribution in [0.2, 0.25) is 0 Å². The Morgan fingerprint density at radius 3 is 2.41 bits per heavy atom. The van der Waals surface area contributed by atoms with Gasteiger partial charge < -0.3 is 14.7 Å². The van der Waals surface area contributed by atoms with Gasteiger partial charge in [0.05, 0.1) is 24.6 Å². The number of amides is 2. The third-order valence-corrected chi connectivity index (χ3v) is 6.14. The number of para-hydroxylation sites is 2. The van der Waals surface area contributed by atoms with Crippen LogP contribution in [0.3, 0.4) is 0 Å². The third kappa shape index (κ3) is 5.17. The van der Waals surface area contributed by atoms with Crippen molar-refractivity contribution in [3.63, 3.8) is 0 Å². The number of carbonyl (C=O) groups is 1. The van der Waals surface area contributed by atoms with Gasteiger partial charge in [-0.3, -0.25) is 13.9 Å². The fourth-order valence-electron chi connectivity index (χ4n) is 3.59. The number of benzene rings is 1. The van der Waals surface area contributed by atoms with Crippen molar-refractivity contribution in [3.05, 3.63) is 24.3 Å². The number of phosphoric acid groups is 1. The van der Waals surface area contributed by atoms with E-state index in [4.69, 9.17) is 13.6 Å². The van der Waals surface area contributed by atoms with Gasteiger partial charge in [0.25, 0.3) is 0 Å². The Morgan fingerprint density at radius 1 is 1.17 bits per heavy atom. The van der Waals surface area contributed by atoms with E-state index in [9.17, 15) is 9.36 Å². The van der Waals surface area contributed by atoms with Gasteiger partial charge in [0.2, 0.25) is 5.90 Å². The van der Waals surface area contributed by atoms with Crippen LogP contribution >= 0.6 is 7.82 Å². The molecule has 1 N–H and O–H groups in total. The zero-order valence-corrected chi connectivity index (χ0v) is 18.2. The first-order valence-electron chi connectivity index (χ1n) is 9.93. The fraction of sp³-hybridized carbons (Fsp3) is 0.579. The molecule has 2 aliphatic rings. The molecule has 29 heavy (non-hydrogen) atoms. The van der Waals surface area contributed by atoms with Crippen molar-refractivity contribution in [2.75, 3.05) is 37.7 Å². The molecule has 1 aromatic rings. The number of nitrogens with one attached hydrogen (secondary N) is 1. The predicted molar refractivity (Wildman–Crippen MR) is 112 cm³/mol. The highest BCUT2D eigenvalue weighted by Crippen LogP contribution is 2.50. The van der Waals surface area contributed by atoms with E-state index in [1.807, 2.05) is 23.1 Å². The summed E-state index contributed by atoms with van der Waals surface area (Å²) in [6.07, 6.45) is 0. The third-order valence-electron chi connectivity index (χ3n) is 4.56. The topological polar surface area (TPSA) is 92.7 Å². The summed E-state index contributed by atoms with van der Waals surface area (Å²) in [7, 11) is -3.80.